The third kappa shape index (κ3) is 4.78. The zero-order valence-corrected chi connectivity index (χ0v) is 17.6. The molecule has 0 saturated heterocycles. The lowest BCUT2D eigenvalue weighted by atomic mass is 10.2. The Balaban J connectivity index is 1.69. The maximum atomic E-state index is 12.4. The highest BCUT2D eigenvalue weighted by Gasteiger charge is 2.17. The summed E-state index contributed by atoms with van der Waals surface area (Å²) in [4.78, 5) is 12.6. The molecule has 1 heterocycles. The first-order chi connectivity index (χ1) is 13.8. The van der Waals surface area contributed by atoms with Crippen LogP contribution in [0.5, 0.6) is 0 Å². The summed E-state index contributed by atoms with van der Waals surface area (Å²) in [6.07, 6.45) is 0. The van der Waals surface area contributed by atoms with Gasteiger partial charge in [-0.05, 0) is 42.0 Å². The first-order valence-electron chi connectivity index (χ1n) is 8.78. The van der Waals surface area contributed by atoms with Crippen molar-refractivity contribution in [2.24, 2.45) is 0 Å². The normalized spacial score (nSPS) is 11.6. The summed E-state index contributed by atoms with van der Waals surface area (Å²) >= 11 is 5.29. The van der Waals surface area contributed by atoms with E-state index in [0.717, 1.165) is 9.87 Å². The molecule has 10 heteroatoms. The van der Waals surface area contributed by atoms with Gasteiger partial charge in [-0.15, -0.1) is 0 Å². The molecule has 0 radical (unpaired) electrons. The Morgan fingerprint density at radius 1 is 1.14 bits per heavy atom. The minimum Gasteiger partial charge on any atom is -0.345 e. The molecule has 0 bridgehead atoms. The van der Waals surface area contributed by atoms with Gasteiger partial charge < -0.3 is 5.32 Å². The third-order valence-corrected chi connectivity index (χ3v) is 6.46. The molecule has 1 amide bonds. The summed E-state index contributed by atoms with van der Waals surface area (Å²) in [5, 5.41) is 9.73. The van der Waals surface area contributed by atoms with Crippen LogP contribution in [0.2, 0.25) is 0 Å². The van der Waals surface area contributed by atoms with Crippen LogP contribution >= 0.6 is 12.2 Å². The number of carbonyl (C=O) groups is 1. The molecule has 0 atom stereocenters. The van der Waals surface area contributed by atoms with Crippen molar-refractivity contribution in [3.63, 3.8) is 0 Å². The van der Waals surface area contributed by atoms with Gasteiger partial charge >= 0.3 is 0 Å². The minimum absolute atomic E-state index is 0.128. The topological polar surface area (TPSA) is 100 Å². The molecule has 1 aromatic heterocycles. The molecule has 0 saturated carbocycles. The lowest BCUT2D eigenvalue weighted by Crippen LogP contribution is -2.25. The average molecular weight is 432 g/mol. The number of nitrogens with one attached hydrogen (secondary N) is 2. The Bertz CT molecular complexity index is 1150. The van der Waals surface area contributed by atoms with Gasteiger partial charge in [-0.25, -0.2) is 12.7 Å². The molecule has 3 rings (SSSR count). The van der Waals surface area contributed by atoms with Crippen LogP contribution in [0.1, 0.15) is 21.7 Å². The van der Waals surface area contributed by atoms with Gasteiger partial charge in [0.05, 0.1) is 18.0 Å². The van der Waals surface area contributed by atoms with Gasteiger partial charge in [-0.2, -0.15) is 5.10 Å². The molecule has 0 aliphatic rings. The second kappa shape index (κ2) is 8.68. The van der Waals surface area contributed by atoms with Crippen molar-refractivity contribution >= 4 is 28.1 Å². The van der Waals surface area contributed by atoms with E-state index in [2.05, 4.69) is 15.5 Å². The molecule has 2 N–H and O–H groups in total. The Labute approximate surface area is 174 Å². The Morgan fingerprint density at radius 3 is 2.41 bits per heavy atom. The highest BCUT2D eigenvalue weighted by molar-refractivity contribution is 7.89. The molecule has 3 aromatic rings. The van der Waals surface area contributed by atoms with Gasteiger partial charge in [0.15, 0.2) is 10.6 Å². The van der Waals surface area contributed by atoms with Crippen LogP contribution in [-0.2, 0) is 23.1 Å². The fraction of sp³-hybridized carbons (Fsp3) is 0.211. The molecule has 8 nitrogen and oxygen atoms in total. The number of rotatable bonds is 7. The molecule has 152 valence electrons. The fourth-order valence-electron chi connectivity index (χ4n) is 2.66. The van der Waals surface area contributed by atoms with Crippen molar-refractivity contribution in [2.45, 2.75) is 18.0 Å². The Morgan fingerprint density at radius 2 is 1.79 bits per heavy atom. The number of hydrogen-bond acceptors (Lipinski definition) is 5. The fourth-order valence-corrected chi connectivity index (χ4v) is 3.78. The van der Waals surface area contributed by atoms with E-state index in [0.29, 0.717) is 22.7 Å². The second-order valence-corrected chi connectivity index (χ2v) is 9.05. The highest BCUT2D eigenvalue weighted by atomic mass is 32.2. The predicted octanol–water partition coefficient (Wildman–Crippen LogP) is 2.17. The van der Waals surface area contributed by atoms with Crippen molar-refractivity contribution in [2.75, 3.05) is 14.1 Å². The second-order valence-electron chi connectivity index (χ2n) is 6.51. The summed E-state index contributed by atoms with van der Waals surface area (Å²) in [5.74, 6) is 0.262. The predicted molar refractivity (Wildman–Crippen MR) is 111 cm³/mol. The van der Waals surface area contributed by atoms with Crippen molar-refractivity contribution in [1.82, 2.24) is 24.4 Å². The van der Waals surface area contributed by atoms with E-state index in [9.17, 15) is 13.2 Å². The molecular weight excluding hydrogens is 410 g/mol. The summed E-state index contributed by atoms with van der Waals surface area (Å²) < 4.78 is 27.6. The van der Waals surface area contributed by atoms with Crippen LogP contribution in [0.15, 0.2) is 59.5 Å². The van der Waals surface area contributed by atoms with Gasteiger partial charge in [0.2, 0.25) is 10.0 Å². The van der Waals surface area contributed by atoms with E-state index in [-0.39, 0.29) is 17.3 Å². The lowest BCUT2D eigenvalue weighted by Gasteiger charge is -2.12. The van der Waals surface area contributed by atoms with Crippen LogP contribution in [-0.4, -0.2) is 47.5 Å². The van der Waals surface area contributed by atoms with Crippen LogP contribution in [0.4, 0.5) is 0 Å². The average Bonchev–Trinajstić information content (AvgIpc) is 3.06. The number of benzene rings is 2. The van der Waals surface area contributed by atoms with Crippen molar-refractivity contribution < 1.29 is 13.2 Å². The van der Waals surface area contributed by atoms with Crippen LogP contribution in [0.25, 0.3) is 0 Å². The first kappa shape index (κ1) is 20.9. The Hall–Kier alpha value is -2.82. The van der Waals surface area contributed by atoms with Crippen LogP contribution in [0, 0.1) is 4.77 Å². The standard InChI is InChI=1S/C19H21N5O3S2/c1-23(2)29(26,27)16-10-8-15(9-11-16)18(25)20-12-17-21-22-19(28)24(17)13-14-6-4-3-5-7-14/h3-11H,12-13H2,1-2H3,(H,20,25)(H,22,28). The van der Waals surface area contributed by atoms with E-state index in [1.807, 2.05) is 34.9 Å². The molecule has 0 spiro atoms. The number of aromatic nitrogens is 3. The molecule has 29 heavy (non-hydrogen) atoms. The molecule has 2 aromatic carbocycles. The lowest BCUT2D eigenvalue weighted by molar-refractivity contribution is 0.0949. The summed E-state index contributed by atoms with van der Waals surface area (Å²) in [6.45, 7) is 0.717. The van der Waals surface area contributed by atoms with E-state index in [1.54, 1.807) is 0 Å². The first-order valence-corrected chi connectivity index (χ1v) is 10.6. The van der Waals surface area contributed by atoms with Crippen molar-refractivity contribution in [3.8, 4) is 0 Å². The van der Waals surface area contributed by atoms with Gasteiger partial charge in [-0.1, -0.05) is 30.3 Å². The monoisotopic (exact) mass is 431 g/mol. The molecule has 0 aliphatic carbocycles. The van der Waals surface area contributed by atoms with E-state index >= 15 is 0 Å². The number of H-pyrrole nitrogens is 1. The molecular formula is C19H21N5O3S2. The number of amides is 1. The summed E-state index contributed by atoms with van der Waals surface area (Å²) in [7, 11) is -0.622. The maximum Gasteiger partial charge on any atom is 0.251 e. The van der Waals surface area contributed by atoms with Crippen LogP contribution in [0.3, 0.4) is 0 Å². The van der Waals surface area contributed by atoms with Crippen molar-refractivity contribution in [3.05, 3.63) is 76.3 Å². The van der Waals surface area contributed by atoms with Gasteiger partial charge in [-0.3, -0.25) is 14.5 Å². The number of nitrogens with zero attached hydrogens (tertiary/aromatic N) is 3. The van der Waals surface area contributed by atoms with Gasteiger partial charge in [0.25, 0.3) is 5.91 Å². The number of aromatic amines is 1. The SMILES string of the molecule is CN(C)S(=O)(=O)c1ccc(C(=O)NCc2n[nH]c(=S)n2Cc2ccccc2)cc1. The third-order valence-electron chi connectivity index (χ3n) is 4.32. The van der Waals surface area contributed by atoms with Gasteiger partial charge in [0.1, 0.15) is 0 Å². The van der Waals surface area contributed by atoms with Gasteiger partial charge in [0, 0.05) is 19.7 Å². The Kier molecular flexibility index (Phi) is 6.26. The molecule has 0 fully saturated rings. The highest BCUT2D eigenvalue weighted by Crippen LogP contribution is 2.14. The minimum atomic E-state index is -3.53. The zero-order chi connectivity index (χ0) is 21.0. The smallest absolute Gasteiger partial charge is 0.251 e. The van der Waals surface area contributed by atoms with E-state index in [1.165, 1.54) is 38.4 Å². The quantitative estimate of drug-likeness (QED) is 0.559. The van der Waals surface area contributed by atoms with Crippen molar-refractivity contribution in [1.29, 1.82) is 0 Å². The van der Waals surface area contributed by atoms with E-state index in [4.69, 9.17) is 12.2 Å². The summed E-state index contributed by atoms with van der Waals surface area (Å²) in [5.41, 5.74) is 1.42. The molecule has 0 aliphatic heterocycles. The van der Waals surface area contributed by atoms with Crippen LogP contribution < -0.4 is 5.32 Å². The number of hydrogen-bond donors (Lipinski definition) is 2. The zero-order valence-electron chi connectivity index (χ0n) is 16.0. The number of sulfonamides is 1. The molecule has 0 unspecified atom stereocenters. The largest absolute Gasteiger partial charge is 0.345 e. The van der Waals surface area contributed by atoms with E-state index < -0.39 is 10.0 Å². The summed E-state index contributed by atoms with van der Waals surface area (Å²) in [6, 6.07) is 15.6. The number of carbonyl (C=O) groups excluding carboxylic acids is 1. The maximum absolute atomic E-state index is 12.4.